The van der Waals surface area contributed by atoms with Crippen molar-refractivity contribution in [3.8, 4) is 5.75 Å². The molecule has 2 atom stereocenters. The van der Waals surface area contributed by atoms with Crippen LogP contribution < -0.4 is 10.1 Å². The Labute approximate surface area is 163 Å². The zero-order chi connectivity index (χ0) is 19.2. The molecule has 5 nitrogen and oxygen atoms in total. The maximum absolute atomic E-state index is 12.5. The van der Waals surface area contributed by atoms with Crippen LogP contribution in [0.5, 0.6) is 5.75 Å². The van der Waals surface area contributed by atoms with Crippen LogP contribution in [-0.2, 0) is 22.4 Å². The third-order valence-corrected chi connectivity index (χ3v) is 5.85. The van der Waals surface area contributed by atoms with E-state index < -0.39 is 11.9 Å². The van der Waals surface area contributed by atoms with E-state index in [1.807, 2.05) is 55.5 Å². The Morgan fingerprint density at radius 3 is 2.63 bits per heavy atom. The highest BCUT2D eigenvalue weighted by Gasteiger charge is 2.29. The quantitative estimate of drug-likeness (QED) is 0.730. The van der Waals surface area contributed by atoms with Gasteiger partial charge in [0.15, 0.2) is 0 Å². The number of ether oxygens (including phenoxy) is 1. The van der Waals surface area contributed by atoms with Gasteiger partial charge in [0.25, 0.3) is 0 Å². The largest absolute Gasteiger partial charge is 0.494 e. The van der Waals surface area contributed by atoms with Crippen LogP contribution in [0.2, 0.25) is 0 Å². The molecule has 1 aliphatic rings. The fraction of sp³-hybridized carbons (Fsp3) is 0.333. The van der Waals surface area contributed by atoms with E-state index in [-0.39, 0.29) is 17.7 Å². The lowest BCUT2D eigenvalue weighted by molar-refractivity contribution is -0.141. The number of carboxylic acid groups (broad SMARTS) is 1. The van der Waals surface area contributed by atoms with E-state index >= 15 is 0 Å². The Hall–Kier alpha value is -2.47. The number of fused-ring (bicyclic) bond motifs is 1. The van der Waals surface area contributed by atoms with Gasteiger partial charge < -0.3 is 15.2 Å². The first-order valence-electron chi connectivity index (χ1n) is 9.03. The molecule has 0 fully saturated rings. The van der Waals surface area contributed by atoms with Gasteiger partial charge >= 0.3 is 5.97 Å². The summed E-state index contributed by atoms with van der Waals surface area (Å²) in [4.78, 5) is 25.2. The summed E-state index contributed by atoms with van der Waals surface area (Å²) in [6.07, 6.45) is 1.04. The first-order chi connectivity index (χ1) is 13.1. The van der Waals surface area contributed by atoms with Crippen LogP contribution in [0.4, 0.5) is 0 Å². The number of rotatable bonds is 8. The molecule has 1 aliphatic heterocycles. The average Bonchev–Trinajstić information content (AvgIpc) is 3.10. The Balaban J connectivity index is 1.54. The number of hydrogen-bond acceptors (Lipinski definition) is 4. The highest BCUT2D eigenvalue weighted by molar-refractivity contribution is 8.01. The molecule has 0 saturated carbocycles. The van der Waals surface area contributed by atoms with Crippen molar-refractivity contribution < 1.29 is 19.4 Å². The number of benzene rings is 2. The number of carboxylic acids is 1. The van der Waals surface area contributed by atoms with Crippen molar-refractivity contribution in [3.63, 3.8) is 0 Å². The van der Waals surface area contributed by atoms with Crippen LogP contribution >= 0.6 is 11.8 Å². The molecule has 6 heteroatoms. The Bertz CT molecular complexity index is 781. The van der Waals surface area contributed by atoms with E-state index in [1.54, 1.807) is 11.8 Å². The van der Waals surface area contributed by atoms with Gasteiger partial charge in [0, 0.05) is 11.4 Å². The number of nitrogens with one attached hydrogen (secondary N) is 1. The maximum Gasteiger partial charge on any atom is 0.308 e. The van der Waals surface area contributed by atoms with Gasteiger partial charge in [-0.05, 0) is 49.1 Å². The number of amides is 1. The number of carbonyl (C=O) groups excluding carboxylic acids is 1. The summed E-state index contributed by atoms with van der Waals surface area (Å²) in [5.41, 5.74) is 2.08. The summed E-state index contributed by atoms with van der Waals surface area (Å²) in [7, 11) is 0. The van der Waals surface area contributed by atoms with Crippen molar-refractivity contribution in [2.75, 3.05) is 13.2 Å². The smallest absolute Gasteiger partial charge is 0.308 e. The Kier molecular flexibility index (Phi) is 6.40. The highest BCUT2D eigenvalue weighted by atomic mass is 32.2. The van der Waals surface area contributed by atoms with Gasteiger partial charge in [-0.25, -0.2) is 0 Å². The topological polar surface area (TPSA) is 75.6 Å². The second-order valence-electron chi connectivity index (χ2n) is 6.48. The predicted molar refractivity (Wildman–Crippen MR) is 105 cm³/mol. The normalized spacial score (nSPS) is 16.4. The molecule has 142 valence electrons. The van der Waals surface area contributed by atoms with E-state index in [0.29, 0.717) is 19.4 Å². The van der Waals surface area contributed by atoms with Crippen LogP contribution in [-0.4, -0.2) is 35.4 Å². The highest BCUT2D eigenvalue weighted by Crippen LogP contribution is 2.36. The third-order valence-electron chi connectivity index (χ3n) is 4.53. The van der Waals surface area contributed by atoms with Crippen molar-refractivity contribution in [1.29, 1.82) is 0 Å². The standard InChI is InChI=1S/C21H23NO4S/c1-2-26-17-9-7-14(8-10-17)11-16(21(24)25)13-22-20(23)19-12-15-5-3-4-6-18(15)27-19/h3-10,16,19H,2,11-13H2,1H3,(H,22,23)(H,24,25). The van der Waals surface area contributed by atoms with Crippen LogP contribution in [0.15, 0.2) is 53.4 Å². The van der Waals surface area contributed by atoms with E-state index in [9.17, 15) is 14.7 Å². The summed E-state index contributed by atoms with van der Waals surface area (Å²) in [5.74, 6) is -0.916. The summed E-state index contributed by atoms with van der Waals surface area (Å²) in [5, 5.41) is 12.1. The zero-order valence-corrected chi connectivity index (χ0v) is 16.0. The van der Waals surface area contributed by atoms with Crippen LogP contribution in [0, 0.1) is 5.92 Å². The van der Waals surface area contributed by atoms with Crippen molar-refractivity contribution in [1.82, 2.24) is 5.32 Å². The van der Waals surface area contributed by atoms with E-state index in [2.05, 4.69) is 5.32 Å². The second kappa shape index (κ2) is 8.95. The van der Waals surface area contributed by atoms with Crippen LogP contribution in [0.25, 0.3) is 0 Å². The summed E-state index contributed by atoms with van der Waals surface area (Å²) >= 11 is 1.54. The minimum atomic E-state index is -0.911. The predicted octanol–water partition coefficient (Wildman–Crippen LogP) is 3.16. The van der Waals surface area contributed by atoms with E-state index in [0.717, 1.165) is 16.2 Å². The molecule has 0 spiro atoms. The molecule has 0 radical (unpaired) electrons. The van der Waals surface area contributed by atoms with Gasteiger partial charge in [-0.1, -0.05) is 30.3 Å². The van der Waals surface area contributed by atoms with Gasteiger partial charge in [-0.2, -0.15) is 0 Å². The molecule has 2 unspecified atom stereocenters. The van der Waals surface area contributed by atoms with Gasteiger partial charge in [0.1, 0.15) is 5.75 Å². The van der Waals surface area contributed by atoms with E-state index in [4.69, 9.17) is 4.74 Å². The number of thioether (sulfide) groups is 1. The van der Waals surface area contributed by atoms with Crippen LogP contribution in [0.1, 0.15) is 18.1 Å². The molecule has 2 N–H and O–H groups in total. The van der Waals surface area contributed by atoms with Gasteiger partial charge in [-0.3, -0.25) is 9.59 Å². The minimum absolute atomic E-state index is 0.103. The number of carbonyl (C=O) groups is 2. The minimum Gasteiger partial charge on any atom is -0.494 e. The summed E-state index contributed by atoms with van der Waals surface area (Å²) in [6.45, 7) is 2.62. The molecule has 1 heterocycles. The van der Waals surface area contributed by atoms with Crippen molar-refractivity contribution in [2.24, 2.45) is 5.92 Å². The van der Waals surface area contributed by atoms with Gasteiger partial charge in [0.2, 0.25) is 5.91 Å². The summed E-state index contributed by atoms with van der Waals surface area (Å²) < 4.78 is 5.40. The molecule has 27 heavy (non-hydrogen) atoms. The zero-order valence-electron chi connectivity index (χ0n) is 15.2. The SMILES string of the molecule is CCOc1ccc(CC(CNC(=O)C2Cc3ccccc3S2)C(=O)O)cc1. The molecule has 2 aromatic rings. The molecular weight excluding hydrogens is 362 g/mol. The van der Waals surface area contributed by atoms with Gasteiger partial charge in [0.05, 0.1) is 17.8 Å². The lowest BCUT2D eigenvalue weighted by Crippen LogP contribution is -2.38. The fourth-order valence-corrected chi connectivity index (χ4v) is 4.31. The Morgan fingerprint density at radius 2 is 1.96 bits per heavy atom. The van der Waals surface area contributed by atoms with Crippen LogP contribution in [0.3, 0.4) is 0 Å². The van der Waals surface area contributed by atoms with Crippen molar-refractivity contribution in [3.05, 3.63) is 59.7 Å². The van der Waals surface area contributed by atoms with E-state index in [1.165, 1.54) is 5.56 Å². The molecule has 0 aromatic heterocycles. The van der Waals surface area contributed by atoms with Crippen molar-refractivity contribution >= 4 is 23.6 Å². The summed E-state index contributed by atoms with van der Waals surface area (Å²) in [6, 6.07) is 15.4. The molecule has 0 saturated heterocycles. The second-order valence-corrected chi connectivity index (χ2v) is 7.72. The van der Waals surface area contributed by atoms with Gasteiger partial charge in [-0.15, -0.1) is 11.8 Å². The molecule has 0 bridgehead atoms. The van der Waals surface area contributed by atoms with Crippen molar-refractivity contribution in [2.45, 2.75) is 29.9 Å². The monoisotopic (exact) mass is 385 g/mol. The average molecular weight is 385 g/mol. The number of hydrogen-bond donors (Lipinski definition) is 2. The number of aliphatic carboxylic acids is 1. The first-order valence-corrected chi connectivity index (χ1v) is 9.91. The molecule has 1 amide bonds. The molecule has 0 aliphatic carbocycles. The lowest BCUT2D eigenvalue weighted by atomic mass is 9.99. The first kappa shape index (κ1) is 19.3. The molecule has 3 rings (SSSR count). The third kappa shape index (κ3) is 5.04. The molecule has 2 aromatic carbocycles. The molecular formula is C21H23NO4S. The fourth-order valence-electron chi connectivity index (χ4n) is 3.09. The lowest BCUT2D eigenvalue weighted by Gasteiger charge is -2.16. The Morgan fingerprint density at radius 1 is 1.22 bits per heavy atom. The maximum atomic E-state index is 12.5.